The van der Waals surface area contributed by atoms with Gasteiger partial charge in [0.15, 0.2) is 0 Å². The van der Waals surface area contributed by atoms with Crippen molar-refractivity contribution in [3.8, 4) is 0 Å². The Bertz CT molecular complexity index is 881. The third kappa shape index (κ3) is 4.27. The minimum atomic E-state index is -4.00. The average Bonchev–Trinajstić information content (AvgIpc) is 2.47. The number of nitrogens with zero attached hydrogens (tertiary/aromatic N) is 2. The number of aryl methyl sites for hydroxylation is 1. The molecule has 0 radical (unpaired) electrons. The first-order valence-corrected chi connectivity index (χ1v) is 8.21. The van der Waals surface area contributed by atoms with Gasteiger partial charge < -0.3 is 0 Å². The number of sulfonamides is 1. The highest BCUT2D eigenvalue weighted by atomic mass is 35.5. The average molecular weight is 354 g/mol. The van der Waals surface area contributed by atoms with Gasteiger partial charge >= 0.3 is 0 Å². The van der Waals surface area contributed by atoms with Crippen molar-refractivity contribution in [2.45, 2.75) is 11.8 Å². The number of hydrogen-bond donors (Lipinski definition) is 1. The summed E-state index contributed by atoms with van der Waals surface area (Å²) in [5.41, 5.74) is 0.707. The molecule has 2 rings (SSSR count). The minimum Gasteiger partial charge on any atom is -0.258 e. The fourth-order valence-electron chi connectivity index (χ4n) is 1.76. The molecule has 0 bridgehead atoms. The van der Waals surface area contributed by atoms with E-state index >= 15 is 0 Å². The van der Waals surface area contributed by atoms with Crippen molar-refractivity contribution >= 4 is 33.5 Å². The zero-order valence-corrected chi connectivity index (χ0v) is 13.5. The van der Waals surface area contributed by atoms with Crippen LogP contribution < -0.4 is 4.83 Å². The van der Waals surface area contributed by atoms with Crippen LogP contribution in [0.3, 0.4) is 0 Å². The maximum Gasteiger partial charge on any atom is 0.276 e. The summed E-state index contributed by atoms with van der Waals surface area (Å²) in [6.07, 6.45) is 1.28. The van der Waals surface area contributed by atoms with Crippen LogP contribution in [0.1, 0.15) is 11.1 Å². The molecular weight excluding hydrogens is 342 g/mol. The summed E-state index contributed by atoms with van der Waals surface area (Å²) in [5.74, 6) is 0. The van der Waals surface area contributed by atoms with Crippen LogP contribution in [0, 0.1) is 17.0 Å². The van der Waals surface area contributed by atoms with Crippen LogP contribution in [0.5, 0.6) is 0 Å². The van der Waals surface area contributed by atoms with Gasteiger partial charge in [-0.15, -0.1) is 0 Å². The van der Waals surface area contributed by atoms with Crippen LogP contribution in [-0.4, -0.2) is 19.6 Å². The first-order valence-electron chi connectivity index (χ1n) is 6.35. The zero-order valence-electron chi connectivity index (χ0n) is 11.9. The second kappa shape index (κ2) is 6.76. The second-order valence-electron chi connectivity index (χ2n) is 4.61. The Morgan fingerprint density at radius 2 is 2.00 bits per heavy atom. The van der Waals surface area contributed by atoms with E-state index in [9.17, 15) is 18.5 Å². The summed E-state index contributed by atoms with van der Waals surface area (Å²) in [6.45, 7) is 1.53. The Kier molecular flexibility index (Phi) is 4.97. The molecule has 2 aromatic rings. The van der Waals surface area contributed by atoms with Gasteiger partial charge in [0.1, 0.15) is 0 Å². The summed E-state index contributed by atoms with van der Waals surface area (Å²) < 4.78 is 24.2. The molecule has 0 aliphatic heterocycles. The summed E-state index contributed by atoms with van der Waals surface area (Å²) >= 11 is 5.81. The van der Waals surface area contributed by atoms with Crippen molar-refractivity contribution in [2.75, 3.05) is 0 Å². The highest BCUT2D eigenvalue weighted by molar-refractivity contribution is 7.89. The van der Waals surface area contributed by atoms with E-state index in [-0.39, 0.29) is 10.6 Å². The standard InChI is InChI=1S/C14H12ClN3O4S/c1-10-5-6-13(8-14(10)18(19)20)23(21,22)17-16-9-11-3-2-4-12(15)7-11/h2-9,17H,1H3/b16-9+. The Hall–Kier alpha value is -2.45. The smallest absolute Gasteiger partial charge is 0.258 e. The summed E-state index contributed by atoms with van der Waals surface area (Å²) in [6, 6.07) is 10.3. The number of halogens is 1. The number of nitro benzene ring substituents is 1. The molecule has 0 aromatic heterocycles. The predicted molar refractivity (Wildman–Crippen MR) is 87.2 cm³/mol. The SMILES string of the molecule is Cc1ccc(S(=O)(=O)N/N=C/c2cccc(Cl)c2)cc1[N+](=O)[O-]. The molecule has 120 valence electrons. The van der Waals surface area contributed by atoms with E-state index < -0.39 is 14.9 Å². The van der Waals surface area contributed by atoms with Gasteiger partial charge in [-0.3, -0.25) is 10.1 Å². The molecule has 0 saturated heterocycles. The number of hydrazone groups is 1. The minimum absolute atomic E-state index is 0.238. The zero-order chi connectivity index (χ0) is 17.0. The van der Waals surface area contributed by atoms with Crippen molar-refractivity contribution in [3.05, 3.63) is 68.7 Å². The summed E-state index contributed by atoms with van der Waals surface area (Å²) in [5, 5.41) is 15.0. The summed E-state index contributed by atoms with van der Waals surface area (Å²) in [4.78, 5) is 12.0. The van der Waals surface area contributed by atoms with Crippen molar-refractivity contribution in [1.82, 2.24) is 4.83 Å². The van der Waals surface area contributed by atoms with Crippen LogP contribution in [0.4, 0.5) is 5.69 Å². The normalized spacial score (nSPS) is 11.6. The van der Waals surface area contributed by atoms with Crippen molar-refractivity contribution in [2.24, 2.45) is 5.10 Å². The highest BCUT2D eigenvalue weighted by Gasteiger charge is 2.19. The van der Waals surface area contributed by atoms with Crippen molar-refractivity contribution in [3.63, 3.8) is 0 Å². The molecule has 0 unspecified atom stereocenters. The topological polar surface area (TPSA) is 102 Å². The number of nitrogens with one attached hydrogen (secondary N) is 1. The third-order valence-electron chi connectivity index (χ3n) is 2.92. The lowest BCUT2D eigenvalue weighted by Gasteiger charge is -2.04. The van der Waals surface area contributed by atoms with Crippen molar-refractivity contribution in [1.29, 1.82) is 0 Å². The quantitative estimate of drug-likeness (QED) is 0.507. The number of benzene rings is 2. The van der Waals surface area contributed by atoms with Crippen LogP contribution in [-0.2, 0) is 10.0 Å². The third-order valence-corrected chi connectivity index (χ3v) is 4.38. The lowest BCUT2D eigenvalue weighted by molar-refractivity contribution is -0.385. The second-order valence-corrected chi connectivity index (χ2v) is 6.71. The van der Waals surface area contributed by atoms with Crippen molar-refractivity contribution < 1.29 is 13.3 Å². The molecule has 0 heterocycles. The van der Waals surface area contributed by atoms with Crippen LogP contribution >= 0.6 is 11.6 Å². The molecule has 1 N–H and O–H groups in total. The highest BCUT2D eigenvalue weighted by Crippen LogP contribution is 2.22. The molecule has 0 aliphatic rings. The Labute approximate surface area is 137 Å². The van der Waals surface area contributed by atoms with Crippen LogP contribution in [0.15, 0.2) is 52.5 Å². The van der Waals surface area contributed by atoms with Gasteiger partial charge in [-0.05, 0) is 30.7 Å². The van der Waals surface area contributed by atoms with Gasteiger partial charge in [0.05, 0.1) is 16.0 Å². The lowest BCUT2D eigenvalue weighted by Crippen LogP contribution is -2.18. The van der Waals surface area contributed by atoms with Gasteiger partial charge in [0, 0.05) is 16.7 Å². The predicted octanol–water partition coefficient (Wildman–Crippen LogP) is 2.87. The largest absolute Gasteiger partial charge is 0.276 e. The number of hydrogen-bond acceptors (Lipinski definition) is 5. The van der Waals surface area contributed by atoms with E-state index in [0.717, 1.165) is 6.07 Å². The van der Waals surface area contributed by atoms with Crippen LogP contribution in [0.25, 0.3) is 0 Å². The van der Waals surface area contributed by atoms with E-state index in [1.54, 1.807) is 24.3 Å². The molecule has 0 saturated carbocycles. The fourth-order valence-corrected chi connectivity index (χ4v) is 2.77. The Morgan fingerprint density at radius 3 is 2.65 bits per heavy atom. The molecule has 0 spiro atoms. The molecule has 2 aromatic carbocycles. The molecular formula is C14H12ClN3O4S. The van der Waals surface area contributed by atoms with E-state index in [2.05, 4.69) is 5.10 Å². The van der Waals surface area contributed by atoms with E-state index in [1.807, 2.05) is 4.83 Å². The first-order chi connectivity index (χ1) is 10.8. The number of nitro groups is 1. The molecule has 7 nitrogen and oxygen atoms in total. The van der Waals surface area contributed by atoms with Gasteiger partial charge in [-0.2, -0.15) is 13.5 Å². The molecule has 0 atom stereocenters. The van der Waals surface area contributed by atoms with Crippen LogP contribution in [0.2, 0.25) is 5.02 Å². The van der Waals surface area contributed by atoms with Gasteiger partial charge in [-0.25, -0.2) is 4.83 Å². The Balaban J connectivity index is 2.22. The van der Waals surface area contributed by atoms with E-state index in [1.165, 1.54) is 25.3 Å². The van der Waals surface area contributed by atoms with Gasteiger partial charge in [0.25, 0.3) is 15.7 Å². The number of rotatable bonds is 5. The lowest BCUT2D eigenvalue weighted by atomic mass is 10.2. The maximum absolute atomic E-state index is 12.1. The molecule has 0 aliphatic carbocycles. The monoisotopic (exact) mass is 353 g/mol. The Morgan fingerprint density at radius 1 is 1.26 bits per heavy atom. The van der Waals surface area contributed by atoms with E-state index in [4.69, 9.17) is 11.6 Å². The fraction of sp³-hybridized carbons (Fsp3) is 0.0714. The van der Waals surface area contributed by atoms with Gasteiger partial charge in [-0.1, -0.05) is 29.8 Å². The first kappa shape index (κ1) is 16.9. The van der Waals surface area contributed by atoms with Gasteiger partial charge in [0.2, 0.25) is 0 Å². The van der Waals surface area contributed by atoms with E-state index in [0.29, 0.717) is 16.1 Å². The molecule has 0 amide bonds. The molecule has 23 heavy (non-hydrogen) atoms. The molecule has 9 heteroatoms. The maximum atomic E-state index is 12.1. The molecule has 0 fully saturated rings. The summed E-state index contributed by atoms with van der Waals surface area (Å²) in [7, 11) is -4.00.